The first-order valence-electron chi connectivity index (χ1n) is 9.08. The Labute approximate surface area is 141 Å². The Bertz CT molecular complexity index is 706. The lowest BCUT2D eigenvalue weighted by Crippen LogP contribution is -2.04. The van der Waals surface area contributed by atoms with Crippen molar-refractivity contribution in [2.75, 3.05) is 0 Å². The van der Waals surface area contributed by atoms with Crippen molar-refractivity contribution in [3.05, 3.63) is 76.2 Å². The molecular weight excluding hydrogens is 276 g/mol. The first-order valence-corrected chi connectivity index (χ1v) is 9.08. The molecule has 0 saturated heterocycles. The molecular formula is C23H27. The average molecular weight is 303 g/mol. The Morgan fingerprint density at radius 2 is 1.48 bits per heavy atom. The summed E-state index contributed by atoms with van der Waals surface area (Å²) >= 11 is 0. The monoisotopic (exact) mass is 303 g/mol. The first kappa shape index (κ1) is 16.1. The average Bonchev–Trinajstić information content (AvgIpc) is 2.95. The molecule has 0 heteroatoms. The highest BCUT2D eigenvalue weighted by Gasteiger charge is 2.26. The number of fused-ring (bicyclic) bond motifs is 1. The van der Waals surface area contributed by atoms with Crippen molar-refractivity contribution in [2.24, 2.45) is 0 Å². The van der Waals surface area contributed by atoms with Gasteiger partial charge in [-0.3, -0.25) is 0 Å². The second-order valence-corrected chi connectivity index (χ2v) is 6.42. The van der Waals surface area contributed by atoms with Gasteiger partial charge in [0.2, 0.25) is 0 Å². The van der Waals surface area contributed by atoms with Gasteiger partial charge in [-0.15, -0.1) is 0 Å². The van der Waals surface area contributed by atoms with Crippen LogP contribution < -0.4 is 0 Å². The fraction of sp³-hybridized carbons (Fsp3) is 0.348. The molecule has 23 heavy (non-hydrogen) atoms. The van der Waals surface area contributed by atoms with Crippen molar-refractivity contribution in [1.29, 1.82) is 0 Å². The molecule has 1 radical (unpaired) electrons. The zero-order chi connectivity index (χ0) is 16.2. The smallest absolute Gasteiger partial charge is 0.0349 e. The number of benzene rings is 2. The van der Waals surface area contributed by atoms with E-state index in [4.69, 9.17) is 0 Å². The molecule has 0 nitrogen and oxygen atoms in total. The normalized spacial score (nSPS) is 14.0. The largest absolute Gasteiger partial charge is 0.0651 e. The molecule has 0 atom stereocenters. The van der Waals surface area contributed by atoms with Crippen LogP contribution in [0.2, 0.25) is 0 Å². The van der Waals surface area contributed by atoms with Crippen LogP contribution in [-0.4, -0.2) is 0 Å². The van der Waals surface area contributed by atoms with E-state index in [2.05, 4.69) is 69.3 Å². The van der Waals surface area contributed by atoms with E-state index in [9.17, 15) is 0 Å². The molecule has 119 valence electrons. The lowest BCUT2D eigenvalue weighted by Gasteiger charge is -2.20. The van der Waals surface area contributed by atoms with E-state index in [-0.39, 0.29) is 0 Å². The summed E-state index contributed by atoms with van der Waals surface area (Å²) in [6.45, 7) is 6.84. The predicted octanol–water partition coefficient (Wildman–Crippen LogP) is 6.48. The molecule has 0 spiro atoms. The van der Waals surface area contributed by atoms with Gasteiger partial charge in [-0.2, -0.15) is 0 Å². The van der Waals surface area contributed by atoms with Crippen LogP contribution >= 0.6 is 0 Å². The minimum absolute atomic E-state index is 1.09. The maximum absolute atomic E-state index is 2.40. The lowest BCUT2D eigenvalue weighted by atomic mass is 9.84. The van der Waals surface area contributed by atoms with Crippen LogP contribution in [-0.2, 0) is 12.8 Å². The van der Waals surface area contributed by atoms with E-state index < -0.39 is 0 Å². The molecule has 0 aliphatic heterocycles. The third-order valence-electron chi connectivity index (χ3n) is 4.85. The van der Waals surface area contributed by atoms with E-state index in [1.54, 1.807) is 11.1 Å². The molecule has 0 heterocycles. The highest BCUT2D eigenvalue weighted by atomic mass is 14.3. The zero-order valence-electron chi connectivity index (χ0n) is 14.7. The second-order valence-electron chi connectivity index (χ2n) is 6.42. The summed E-state index contributed by atoms with van der Waals surface area (Å²) in [5.74, 6) is 1.51. The summed E-state index contributed by atoms with van der Waals surface area (Å²) in [5, 5.41) is 0. The molecule has 0 amide bonds. The van der Waals surface area contributed by atoms with Crippen molar-refractivity contribution >= 4 is 11.6 Å². The molecule has 1 aliphatic rings. The van der Waals surface area contributed by atoms with Crippen molar-refractivity contribution in [3.63, 3.8) is 0 Å². The summed E-state index contributed by atoms with van der Waals surface area (Å²) in [6, 6.07) is 15.7. The van der Waals surface area contributed by atoms with Crippen LogP contribution in [0.15, 0.2) is 42.5 Å². The van der Waals surface area contributed by atoms with E-state index in [0.717, 1.165) is 6.42 Å². The maximum Gasteiger partial charge on any atom is 0.0349 e. The van der Waals surface area contributed by atoms with Crippen molar-refractivity contribution in [1.82, 2.24) is 0 Å². The van der Waals surface area contributed by atoms with Gasteiger partial charge < -0.3 is 0 Å². The van der Waals surface area contributed by atoms with Gasteiger partial charge in [-0.25, -0.2) is 0 Å². The van der Waals surface area contributed by atoms with Gasteiger partial charge in [0.1, 0.15) is 0 Å². The van der Waals surface area contributed by atoms with Crippen LogP contribution in [0.25, 0.3) is 11.6 Å². The zero-order valence-corrected chi connectivity index (χ0v) is 14.7. The Kier molecular flexibility index (Phi) is 5.00. The fourth-order valence-corrected chi connectivity index (χ4v) is 3.84. The summed E-state index contributed by atoms with van der Waals surface area (Å²) in [7, 11) is 0. The first-order chi connectivity index (χ1) is 11.3. The van der Waals surface area contributed by atoms with Crippen LogP contribution in [0.5, 0.6) is 0 Å². The number of allylic oxidation sites excluding steroid dienone is 1. The summed E-state index contributed by atoms with van der Waals surface area (Å²) in [4.78, 5) is 0. The molecule has 0 N–H and O–H groups in total. The second kappa shape index (κ2) is 7.17. The molecule has 0 bridgehead atoms. The van der Waals surface area contributed by atoms with E-state index in [0.29, 0.717) is 0 Å². The Hall–Kier alpha value is -1.82. The van der Waals surface area contributed by atoms with Gasteiger partial charge in [0.05, 0.1) is 0 Å². The highest BCUT2D eigenvalue weighted by Crippen LogP contribution is 2.44. The molecule has 0 unspecified atom stereocenters. The van der Waals surface area contributed by atoms with Gasteiger partial charge in [0.15, 0.2) is 0 Å². The molecule has 0 saturated carbocycles. The minimum Gasteiger partial charge on any atom is -0.0651 e. The Balaban J connectivity index is 2.10. The molecule has 2 aromatic carbocycles. The quantitative estimate of drug-likeness (QED) is 0.573. The highest BCUT2D eigenvalue weighted by molar-refractivity contribution is 5.99. The maximum atomic E-state index is 2.40. The van der Waals surface area contributed by atoms with Gasteiger partial charge in [0, 0.05) is 5.92 Å². The van der Waals surface area contributed by atoms with Gasteiger partial charge in [-0.1, -0.05) is 76.1 Å². The van der Waals surface area contributed by atoms with E-state index in [1.165, 1.54) is 53.9 Å². The Morgan fingerprint density at radius 1 is 0.739 bits per heavy atom. The topological polar surface area (TPSA) is 0 Å². The third kappa shape index (κ3) is 3.00. The van der Waals surface area contributed by atoms with Crippen LogP contribution in [0.3, 0.4) is 0 Å². The Morgan fingerprint density at radius 3 is 2.22 bits per heavy atom. The minimum atomic E-state index is 1.09. The lowest BCUT2D eigenvalue weighted by molar-refractivity contribution is 0.857. The third-order valence-corrected chi connectivity index (χ3v) is 4.85. The van der Waals surface area contributed by atoms with Crippen LogP contribution in [0.1, 0.15) is 67.9 Å². The van der Waals surface area contributed by atoms with E-state index >= 15 is 0 Å². The van der Waals surface area contributed by atoms with Crippen LogP contribution in [0.4, 0.5) is 0 Å². The van der Waals surface area contributed by atoms with Gasteiger partial charge >= 0.3 is 0 Å². The van der Waals surface area contributed by atoms with E-state index in [1.807, 2.05) is 0 Å². The predicted molar refractivity (Wildman–Crippen MR) is 101 cm³/mol. The molecule has 2 aromatic rings. The SMILES string of the molecule is CCCc1cccc(C2=Cc3ccccc3[C]2CC)c1CCC. The standard InChI is InChI=1S/C23H27/c1-4-10-17-13-9-15-22(20(17)11-5-2)23-16-18-12-7-8-14-21(18)19(23)6-3/h7-9,12-16H,4-6,10-11H2,1-3H3. The number of hydrogen-bond acceptors (Lipinski definition) is 0. The van der Waals surface area contributed by atoms with Gasteiger partial charge in [0.25, 0.3) is 0 Å². The number of aryl methyl sites for hydroxylation is 1. The molecule has 0 aromatic heterocycles. The van der Waals surface area contributed by atoms with Crippen molar-refractivity contribution < 1.29 is 0 Å². The molecule has 3 rings (SSSR count). The van der Waals surface area contributed by atoms with Crippen molar-refractivity contribution in [3.8, 4) is 0 Å². The molecule has 1 aliphatic carbocycles. The molecule has 0 fully saturated rings. The summed E-state index contributed by atoms with van der Waals surface area (Å²) in [5.41, 5.74) is 8.83. The fourth-order valence-electron chi connectivity index (χ4n) is 3.84. The number of hydrogen-bond donors (Lipinski definition) is 0. The van der Waals surface area contributed by atoms with Gasteiger partial charge in [-0.05, 0) is 58.7 Å². The summed E-state index contributed by atoms with van der Waals surface area (Å²) < 4.78 is 0. The summed E-state index contributed by atoms with van der Waals surface area (Å²) in [6.07, 6.45) is 8.27. The number of rotatable bonds is 6. The van der Waals surface area contributed by atoms with Crippen LogP contribution in [0, 0.1) is 5.92 Å². The van der Waals surface area contributed by atoms with Crippen molar-refractivity contribution in [2.45, 2.75) is 52.9 Å².